The molecule has 0 radical (unpaired) electrons. The first kappa shape index (κ1) is 20.5. The molecule has 2 aromatic heterocycles. The minimum absolute atomic E-state index is 0.227. The highest BCUT2D eigenvalue weighted by atomic mass is 16.5. The molecule has 4 aromatic rings. The average molecular weight is 415 g/mol. The Morgan fingerprint density at radius 3 is 2.61 bits per heavy atom. The molecule has 158 valence electrons. The lowest BCUT2D eigenvalue weighted by molar-refractivity contribution is 0.0992. The number of carbonyl (C=O) groups is 1. The highest BCUT2D eigenvalue weighted by Gasteiger charge is 2.13. The van der Waals surface area contributed by atoms with Crippen molar-refractivity contribution in [3.63, 3.8) is 0 Å². The van der Waals surface area contributed by atoms with Gasteiger partial charge in [0.2, 0.25) is 0 Å². The van der Waals surface area contributed by atoms with Gasteiger partial charge in [-0.05, 0) is 67.3 Å². The Hall–Kier alpha value is -3.80. The maximum atomic E-state index is 12.5. The number of anilines is 1. The molecule has 1 amide bonds. The van der Waals surface area contributed by atoms with Gasteiger partial charge in [0.1, 0.15) is 18.1 Å². The number of nitrogens with one attached hydrogen (secondary N) is 1. The molecule has 6 heteroatoms. The number of benzene rings is 2. The number of aromatic nitrogens is 2. The van der Waals surface area contributed by atoms with E-state index in [-0.39, 0.29) is 18.3 Å². The smallest absolute Gasteiger partial charge is 0.291 e. The minimum atomic E-state index is -0.326. The van der Waals surface area contributed by atoms with Gasteiger partial charge in [0.05, 0.1) is 18.4 Å². The molecule has 31 heavy (non-hydrogen) atoms. The van der Waals surface area contributed by atoms with Crippen LogP contribution in [0.1, 0.15) is 38.6 Å². The lowest BCUT2D eigenvalue weighted by atomic mass is 10.1. The molecule has 2 aromatic carbocycles. The van der Waals surface area contributed by atoms with Crippen molar-refractivity contribution in [2.45, 2.75) is 33.9 Å². The molecule has 4 rings (SSSR count). The van der Waals surface area contributed by atoms with Crippen LogP contribution in [0.2, 0.25) is 0 Å². The van der Waals surface area contributed by atoms with Gasteiger partial charge in [-0.1, -0.05) is 30.3 Å². The molecule has 0 saturated carbocycles. The number of hydrogen-bond acceptors (Lipinski definition) is 4. The highest BCUT2D eigenvalue weighted by molar-refractivity contribution is 6.02. The van der Waals surface area contributed by atoms with Crippen LogP contribution in [0.15, 0.2) is 71.4 Å². The first-order valence-corrected chi connectivity index (χ1v) is 10.1. The molecule has 2 heterocycles. The van der Waals surface area contributed by atoms with Crippen molar-refractivity contribution in [1.82, 2.24) is 9.78 Å². The van der Waals surface area contributed by atoms with Crippen LogP contribution >= 0.6 is 0 Å². The number of nitrogens with zero attached hydrogens (tertiary/aromatic N) is 2. The number of ether oxygens (including phenoxy) is 1. The number of aryl methyl sites for hydroxylation is 3. The van der Waals surface area contributed by atoms with Gasteiger partial charge in [0.25, 0.3) is 5.91 Å². The van der Waals surface area contributed by atoms with Gasteiger partial charge in [-0.25, -0.2) is 0 Å². The summed E-state index contributed by atoms with van der Waals surface area (Å²) in [7, 11) is 0. The minimum Gasteiger partial charge on any atom is -0.486 e. The normalized spacial score (nSPS) is 10.8. The van der Waals surface area contributed by atoms with E-state index in [1.54, 1.807) is 29.2 Å². The van der Waals surface area contributed by atoms with Gasteiger partial charge in [-0.2, -0.15) is 5.10 Å². The fraction of sp³-hybridized carbons (Fsp3) is 0.200. The van der Waals surface area contributed by atoms with Crippen molar-refractivity contribution in [3.05, 3.63) is 101 Å². The molecule has 0 bridgehead atoms. The molecule has 0 atom stereocenters. The van der Waals surface area contributed by atoms with Crippen molar-refractivity contribution < 1.29 is 13.9 Å². The second kappa shape index (κ2) is 8.92. The Kier molecular flexibility index (Phi) is 5.89. The highest BCUT2D eigenvalue weighted by Crippen LogP contribution is 2.19. The van der Waals surface area contributed by atoms with Crippen LogP contribution in [0.4, 0.5) is 5.69 Å². The summed E-state index contributed by atoms with van der Waals surface area (Å²) < 4.78 is 13.2. The lowest BCUT2D eigenvalue weighted by Crippen LogP contribution is -2.10. The van der Waals surface area contributed by atoms with Crippen LogP contribution < -0.4 is 10.1 Å². The predicted octanol–water partition coefficient (Wildman–Crippen LogP) is 5.28. The monoisotopic (exact) mass is 415 g/mol. The molecule has 0 aliphatic carbocycles. The summed E-state index contributed by atoms with van der Waals surface area (Å²) in [4.78, 5) is 12.5. The first-order valence-electron chi connectivity index (χ1n) is 10.1. The molecule has 0 unspecified atom stereocenters. The molecule has 6 nitrogen and oxygen atoms in total. The molecule has 1 N–H and O–H groups in total. The van der Waals surface area contributed by atoms with Gasteiger partial charge in [-0.15, -0.1) is 0 Å². The summed E-state index contributed by atoms with van der Waals surface area (Å²) in [6, 6.07) is 17.6. The Labute approximate surface area is 181 Å². The van der Waals surface area contributed by atoms with E-state index in [1.807, 2.05) is 38.1 Å². The van der Waals surface area contributed by atoms with Gasteiger partial charge in [-0.3, -0.25) is 9.48 Å². The Morgan fingerprint density at radius 2 is 1.84 bits per heavy atom. The Bertz CT molecular complexity index is 1190. The molecule has 0 spiro atoms. The Morgan fingerprint density at radius 1 is 1.06 bits per heavy atom. The first-order chi connectivity index (χ1) is 15.0. The second-order valence-corrected chi connectivity index (χ2v) is 7.69. The molecule has 0 saturated heterocycles. The molecule has 0 aliphatic rings. The summed E-state index contributed by atoms with van der Waals surface area (Å²) in [6.45, 7) is 7.02. The van der Waals surface area contributed by atoms with E-state index < -0.39 is 0 Å². The zero-order valence-electron chi connectivity index (χ0n) is 17.9. The third kappa shape index (κ3) is 5.22. The summed E-state index contributed by atoms with van der Waals surface area (Å²) in [5, 5.41) is 7.16. The largest absolute Gasteiger partial charge is 0.486 e. The Balaban J connectivity index is 1.35. The maximum Gasteiger partial charge on any atom is 0.291 e. The second-order valence-electron chi connectivity index (χ2n) is 7.69. The molecular weight excluding hydrogens is 390 g/mol. The lowest BCUT2D eigenvalue weighted by Gasteiger charge is -2.06. The van der Waals surface area contributed by atoms with Gasteiger partial charge in [0, 0.05) is 6.20 Å². The third-order valence-electron chi connectivity index (χ3n) is 4.95. The van der Waals surface area contributed by atoms with E-state index in [4.69, 9.17) is 9.15 Å². The fourth-order valence-corrected chi connectivity index (χ4v) is 3.42. The zero-order valence-corrected chi connectivity index (χ0v) is 17.9. The summed E-state index contributed by atoms with van der Waals surface area (Å²) in [5.74, 6) is 1.26. The van der Waals surface area contributed by atoms with Crippen molar-refractivity contribution in [3.8, 4) is 5.75 Å². The van der Waals surface area contributed by atoms with E-state index in [0.29, 0.717) is 18.0 Å². The topological polar surface area (TPSA) is 69.3 Å². The van der Waals surface area contributed by atoms with E-state index in [9.17, 15) is 4.79 Å². The van der Waals surface area contributed by atoms with Crippen LogP contribution in [0, 0.1) is 20.8 Å². The average Bonchev–Trinajstić information content (AvgIpc) is 3.37. The van der Waals surface area contributed by atoms with Crippen LogP contribution in [-0.4, -0.2) is 15.7 Å². The summed E-state index contributed by atoms with van der Waals surface area (Å²) in [5.41, 5.74) is 5.27. The van der Waals surface area contributed by atoms with Crippen molar-refractivity contribution in [2.75, 3.05) is 5.32 Å². The summed E-state index contributed by atoms with van der Waals surface area (Å²) in [6.07, 6.45) is 3.43. The van der Waals surface area contributed by atoms with E-state index in [0.717, 1.165) is 16.9 Å². The van der Waals surface area contributed by atoms with E-state index in [2.05, 4.69) is 35.5 Å². The fourth-order valence-electron chi connectivity index (χ4n) is 3.42. The molecular formula is C25H25N3O3. The third-order valence-corrected chi connectivity index (χ3v) is 4.95. The van der Waals surface area contributed by atoms with Crippen molar-refractivity contribution in [1.29, 1.82) is 0 Å². The number of hydrogen-bond donors (Lipinski definition) is 1. The van der Waals surface area contributed by atoms with Gasteiger partial charge in [0.15, 0.2) is 5.76 Å². The van der Waals surface area contributed by atoms with Crippen molar-refractivity contribution >= 4 is 11.6 Å². The maximum absolute atomic E-state index is 12.5. The van der Waals surface area contributed by atoms with Crippen LogP contribution in [-0.2, 0) is 13.2 Å². The van der Waals surface area contributed by atoms with Crippen LogP contribution in [0.25, 0.3) is 0 Å². The van der Waals surface area contributed by atoms with Crippen molar-refractivity contribution in [2.24, 2.45) is 0 Å². The van der Waals surface area contributed by atoms with Crippen LogP contribution in [0.3, 0.4) is 0 Å². The molecule has 0 fully saturated rings. The van der Waals surface area contributed by atoms with Gasteiger partial charge < -0.3 is 14.5 Å². The molecule has 0 aliphatic heterocycles. The number of furan rings is 1. The summed E-state index contributed by atoms with van der Waals surface area (Å²) >= 11 is 0. The van der Waals surface area contributed by atoms with E-state index >= 15 is 0 Å². The SMILES string of the molecule is Cc1cc(C)cc(OCc2ccc(C(=O)Nc3cnn(Cc4ccccc4C)c3)o2)c1. The number of carbonyl (C=O) groups excluding carboxylic acids is 1. The zero-order chi connectivity index (χ0) is 21.8. The van der Waals surface area contributed by atoms with E-state index in [1.165, 1.54) is 11.1 Å². The van der Waals surface area contributed by atoms with Crippen LogP contribution in [0.5, 0.6) is 5.75 Å². The number of rotatable bonds is 7. The van der Waals surface area contributed by atoms with Gasteiger partial charge >= 0.3 is 0 Å². The predicted molar refractivity (Wildman–Crippen MR) is 119 cm³/mol. The standard InChI is InChI=1S/C25H25N3O3/c1-17-10-18(2)12-23(11-17)30-16-22-8-9-24(31-22)25(29)27-21-13-26-28(15-21)14-20-7-5-4-6-19(20)3/h4-13,15H,14,16H2,1-3H3,(H,27,29). The number of amides is 1. The quantitative estimate of drug-likeness (QED) is 0.446.